The van der Waals surface area contributed by atoms with Gasteiger partial charge in [-0.3, -0.25) is 0 Å². The second-order valence-corrected chi connectivity index (χ2v) is 6.47. The van der Waals surface area contributed by atoms with Crippen LogP contribution in [-0.4, -0.2) is 17.0 Å². The third-order valence-corrected chi connectivity index (χ3v) is 4.69. The predicted molar refractivity (Wildman–Crippen MR) is 90.7 cm³/mol. The first kappa shape index (κ1) is 14.5. The van der Waals surface area contributed by atoms with E-state index in [9.17, 15) is 0 Å². The Bertz CT molecular complexity index is 667. The molecule has 0 fully saturated rings. The zero-order chi connectivity index (χ0) is 14.8. The van der Waals surface area contributed by atoms with Gasteiger partial charge in [-0.15, -0.1) is 0 Å². The number of fused-ring (bicyclic) bond motifs is 1. The number of anilines is 1. The molecule has 2 aromatic rings. The second-order valence-electron chi connectivity index (χ2n) is 5.62. The second kappa shape index (κ2) is 6.14. The zero-order valence-electron chi connectivity index (χ0n) is 12.5. The van der Waals surface area contributed by atoms with Crippen LogP contribution in [-0.2, 0) is 12.8 Å². The Morgan fingerprint density at radius 2 is 1.90 bits per heavy atom. The third kappa shape index (κ3) is 2.95. The summed E-state index contributed by atoms with van der Waals surface area (Å²) >= 11 is 3.64. The molecule has 0 radical (unpaired) electrons. The molecule has 0 bridgehead atoms. The summed E-state index contributed by atoms with van der Waals surface area (Å²) < 4.78 is 1.05. The summed E-state index contributed by atoms with van der Waals surface area (Å²) in [4.78, 5) is 9.62. The summed E-state index contributed by atoms with van der Waals surface area (Å²) in [6.45, 7) is 2.09. The minimum atomic E-state index is 0.812. The van der Waals surface area contributed by atoms with Gasteiger partial charge in [0, 0.05) is 28.3 Å². The van der Waals surface area contributed by atoms with Crippen LogP contribution < -0.4 is 5.32 Å². The molecule has 3 nitrogen and oxygen atoms in total. The number of aromatic nitrogens is 2. The molecule has 1 aliphatic rings. The number of nitrogens with zero attached hydrogens (tertiary/aromatic N) is 2. The molecule has 0 aliphatic heterocycles. The van der Waals surface area contributed by atoms with E-state index in [2.05, 4.69) is 46.4 Å². The monoisotopic (exact) mass is 345 g/mol. The van der Waals surface area contributed by atoms with Crippen molar-refractivity contribution in [3.8, 4) is 11.4 Å². The highest BCUT2D eigenvalue weighted by Gasteiger charge is 2.17. The van der Waals surface area contributed by atoms with E-state index < -0.39 is 0 Å². The van der Waals surface area contributed by atoms with Gasteiger partial charge in [-0.05, 0) is 50.3 Å². The van der Waals surface area contributed by atoms with Crippen LogP contribution in [0.3, 0.4) is 0 Å². The van der Waals surface area contributed by atoms with Crippen LogP contribution in [0.1, 0.15) is 36.1 Å². The van der Waals surface area contributed by atoms with Gasteiger partial charge in [0.1, 0.15) is 5.82 Å². The van der Waals surface area contributed by atoms with Crippen molar-refractivity contribution in [2.45, 2.75) is 39.0 Å². The molecule has 1 aromatic carbocycles. The number of nitrogens with one attached hydrogen (secondary N) is 1. The first-order valence-corrected chi connectivity index (χ1v) is 8.32. The van der Waals surface area contributed by atoms with Crippen molar-refractivity contribution in [1.29, 1.82) is 0 Å². The Morgan fingerprint density at radius 1 is 1.10 bits per heavy atom. The molecule has 1 heterocycles. The fraction of sp³-hybridized carbons (Fsp3) is 0.412. The van der Waals surface area contributed by atoms with Crippen LogP contribution >= 0.6 is 15.9 Å². The first-order valence-electron chi connectivity index (χ1n) is 7.53. The first-order chi connectivity index (χ1) is 10.2. The van der Waals surface area contributed by atoms with Crippen molar-refractivity contribution < 1.29 is 0 Å². The maximum atomic E-state index is 4.86. The van der Waals surface area contributed by atoms with Crippen molar-refractivity contribution in [3.05, 3.63) is 39.5 Å². The van der Waals surface area contributed by atoms with Gasteiger partial charge in [0.25, 0.3) is 0 Å². The molecule has 1 aromatic heterocycles. The van der Waals surface area contributed by atoms with Gasteiger partial charge in [-0.1, -0.05) is 28.4 Å². The minimum absolute atomic E-state index is 0.812. The largest absolute Gasteiger partial charge is 0.373 e. The van der Waals surface area contributed by atoms with Crippen LogP contribution in [0.5, 0.6) is 0 Å². The van der Waals surface area contributed by atoms with Crippen LogP contribution in [0.4, 0.5) is 5.82 Å². The van der Waals surface area contributed by atoms with E-state index in [4.69, 9.17) is 9.97 Å². The molecule has 1 aliphatic carbocycles. The van der Waals surface area contributed by atoms with Crippen molar-refractivity contribution in [2.24, 2.45) is 0 Å². The van der Waals surface area contributed by atoms with E-state index in [1.807, 2.05) is 7.05 Å². The SMILES string of the molecule is CNc1nc(-c2ccc(C)cc2Br)nc2c1CCCCC2. The van der Waals surface area contributed by atoms with Gasteiger partial charge < -0.3 is 5.32 Å². The highest BCUT2D eigenvalue weighted by atomic mass is 79.9. The molecule has 0 saturated carbocycles. The zero-order valence-corrected chi connectivity index (χ0v) is 14.1. The lowest BCUT2D eigenvalue weighted by Crippen LogP contribution is -2.07. The van der Waals surface area contributed by atoms with E-state index in [1.165, 1.54) is 36.1 Å². The average molecular weight is 346 g/mol. The fourth-order valence-corrected chi connectivity index (χ4v) is 3.57. The molecule has 0 amide bonds. The van der Waals surface area contributed by atoms with Crippen LogP contribution in [0.25, 0.3) is 11.4 Å². The Morgan fingerprint density at radius 3 is 2.67 bits per heavy atom. The van der Waals surface area contributed by atoms with Crippen molar-refractivity contribution in [3.63, 3.8) is 0 Å². The topological polar surface area (TPSA) is 37.8 Å². The molecule has 1 N–H and O–H groups in total. The number of hydrogen-bond donors (Lipinski definition) is 1. The summed E-state index contributed by atoms with van der Waals surface area (Å²) in [5.74, 6) is 1.80. The predicted octanol–water partition coefficient (Wildman–Crippen LogP) is 4.53. The van der Waals surface area contributed by atoms with E-state index in [0.717, 1.165) is 34.5 Å². The molecule has 0 spiro atoms. The van der Waals surface area contributed by atoms with Gasteiger partial charge in [0.15, 0.2) is 5.82 Å². The van der Waals surface area contributed by atoms with Crippen LogP contribution in [0.2, 0.25) is 0 Å². The number of rotatable bonds is 2. The summed E-state index contributed by atoms with van der Waals surface area (Å²) in [6.07, 6.45) is 5.88. The quantitative estimate of drug-likeness (QED) is 0.812. The van der Waals surface area contributed by atoms with Crippen LogP contribution in [0, 0.1) is 6.92 Å². The van der Waals surface area contributed by atoms with Gasteiger partial charge in [0.2, 0.25) is 0 Å². The highest BCUT2D eigenvalue weighted by molar-refractivity contribution is 9.10. The number of aryl methyl sites for hydroxylation is 2. The van der Waals surface area contributed by atoms with Gasteiger partial charge in [0.05, 0.1) is 0 Å². The summed E-state index contributed by atoms with van der Waals surface area (Å²) in [7, 11) is 1.95. The summed E-state index contributed by atoms with van der Waals surface area (Å²) in [5, 5.41) is 3.26. The molecule has 0 atom stereocenters. The Balaban J connectivity index is 2.13. The molecule has 4 heteroatoms. The Kier molecular flexibility index (Phi) is 4.24. The van der Waals surface area contributed by atoms with Gasteiger partial charge >= 0.3 is 0 Å². The lowest BCUT2D eigenvalue weighted by molar-refractivity contribution is 0.709. The van der Waals surface area contributed by atoms with E-state index in [1.54, 1.807) is 0 Å². The van der Waals surface area contributed by atoms with E-state index in [0.29, 0.717) is 0 Å². The van der Waals surface area contributed by atoms with Gasteiger partial charge in [-0.2, -0.15) is 0 Å². The standard InChI is InChI=1S/C17H20BrN3/c1-11-8-9-12(14(18)10-11)17-20-15-7-5-3-4-6-13(15)16(19-2)21-17/h8-10H,3-7H2,1-2H3,(H,19,20,21). The molecule has 21 heavy (non-hydrogen) atoms. The average Bonchev–Trinajstić information content (AvgIpc) is 2.71. The maximum absolute atomic E-state index is 4.86. The molecular formula is C17H20BrN3. The normalized spacial score (nSPS) is 14.4. The Hall–Kier alpha value is -1.42. The lowest BCUT2D eigenvalue weighted by Gasteiger charge is -2.14. The third-order valence-electron chi connectivity index (χ3n) is 4.04. The molecule has 3 rings (SSSR count). The van der Waals surface area contributed by atoms with Gasteiger partial charge in [-0.25, -0.2) is 9.97 Å². The van der Waals surface area contributed by atoms with E-state index in [-0.39, 0.29) is 0 Å². The fourth-order valence-electron chi connectivity index (χ4n) is 2.90. The molecule has 0 saturated heterocycles. The number of benzene rings is 1. The lowest BCUT2D eigenvalue weighted by atomic mass is 10.1. The number of hydrogen-bond acceptors (Lipinski definition) is 3. The number of halogens is 1. The maximum Gasteiger partial charge on any atom is 0.162 e. The van der Waals surface area contributed by atoms with E-state index >= 15 is 0 Å². The van der Waals surface area contributed by atoms with Crippen LogP contribution in [0.15, 0.2) is 22.7 Å². The minimum Gasteiger partial charge on any atom is -0.373 e. The summed E-state index contributed by atoms with van der Waals surface area (Å²) in [5.41, 5.74) is 4.81. The molecule has 0 unspecified atom stereocenters. The highest BCUT2D eigenvalue weighted by Crippen LogP contribution is 2.31. The van der Waals surface area contributed by atoms with Crippen molar-refractivity contribution in [1.82, 2.24) is 9.97 Å². The Labute approximate surface area is 134 Å². The molecular weight excluding hydrogens is 326 g/mol. The summed E-state index contributed by atoms with van der Waals surface area (Å²) in [6, 6.07) is 6.31. The van der Waals surface area contributed by atoms with Crippen molar-refractivity contribution >= 4 is 21.7 Å². The molecule has 110 valence electrons. The smallest absolute Gasteiger partial charge is 0.162 e. The van der Waals surface area contributed by atoms with Crippen molar-refractivity contribution in [2.75, 3.05) is 12.4 Å².